The van der Waals surface area contributed by atoms with Gasteiger partial charge in [0, 0.05) is 29.8 Å². The first-order valence-corrected chi connectivity index (χ1v) is 13.0. The van der Waals surface area contributed by atoms with Gasteiger partial charge in [-0.25, -0.2) is 0 Å². The van der Waals surface area contributed by atoms with E-state index < -0.39 is 0 Å². The van der Waals surface area contributed by atoms with E-state index in [0.29, 0.717) is 5.41 Å². The molecule has 4 heteroatoms. The number of hydrogen-bond acceptors (Lipinski definition) is 3. The molecule has 2 nitrogen and oxygen atoms in total. The van der Waals surface area contributed by atoms with Gasteiger partial charge in [-0.1, -0.05) is 63.3 Å². The highest BCUT2D eigenvalue weighted by atomic mass is 32.2. The van der Waals surface area contributed by atoms with Crippen molar-refractivity contribution in [3.63, 3.8) is 0 Å². The van der Waals surface area contributed by atoms with E-state index in [-0.39, 0.29) is 16.9 Å². The Hall–Kier alpha value is -0.580. The van der Waals surface area contributed by atoms with Crippen molar-refractivity contribution in [3.05, 3.63) is 35.9 Å². The minimum Gasteiger partial charge on any atom is -0.365 e. The van der Waals surface area contributed by atoms with Gasteiger partial charge in [0.05, 0.1) is 4.99 Å². The average molecular weight is 429 g/mol. The largest absolute Gasteiger partial charge is 0.365 e. The van der Waals surface area contributed by atoms with Crippen LogP contribution in [-0.4, -0.2) is 40.0 Å². The van der Waals surface area contributed by atoms with Gasteiger partial charge in [-0.15, -0.1) is 0 Å². The van der Waals surface area contributed by atoms with E-state index in [1.165, 1.54) is 36.4 Å². The molecule has 158 valence electrons. The summed E-state index contributed by atoms with van der Waals surface area (Å²) in [6, 6.07) is 11.7. The molecule has 0 spiro atoms. The highest BCUT2D eigenvalue weighted by molar-refractivity contribution is 7.99. The van der Waals surface area contributed by atoms with Crippen LogP contribution in [0.3, 0.4) is 0 Å². The van der Waals surface area contributed by atoms with Crippen LogP contribution in [0.25, 0.3) is 0 Å². The smallest absolute Gasteiger partial charge is 0.0845 e. The Labute approximate surface area is 186 Å². The summed E-state index contributed by atoms with van der Waals surface area (Å²) in [5.41, 5.74) is 8.75. The quantitative estimate of drug-likeness (QED) is 0.663. The molecule has 1 saturated heterocycles. The molecular weight excluding hydrogens is 392 g/mol. The molecule has 6 atom stereocenters. The highest BCUT2D eigenvalue weighted by Crippen LogP contribution is 2.73. The predicted octanol–water partition coefficient (Wildman–Crippen LogP) is 5.25. The molecule has 6 rings (SSSR count). The molecular formula is C25H36N2S2. The summed E-state index contributed by atoms with van der Waals surface area (Å²) in [5.74, 6) is 2.80. The second kappa shape index (κ2) is 6.97. The van der Waals surface area contributed by atoms with E-state index >= 15 is 0 Å². The number of nitrogens with two attached hydrogens (primary N) is 1. The summed E-state index contributed by atoms with van der Waals surface area (Å²) < 4.78 is 0. The van der Waals surface area contributed by atoms with Gasteiger partial charge in [-0.05, 0) is 66.1 Å². The van der Waals surface area contributed by atoms with Crippen LogP contribution in [-0.2, 0) is 5.41 Å². The SMILES string of the molecule is CCSC1C2CC3(c4ccccc4)CC1C(C(=S)N1CC[C@H](N)C(C)(C)C1)(C2)C3. The van der Waals surface area contributed by atoms with Gasteiger partial charge in [0.25, 0.3) is 0 Å². The molecule has 0 amide bonds. The molecule has 1 heterocycles. The first kappa shape index (κ1) is 20.3. The zero-order valence-corrected chi connectivity index (χ0v) is 19.8. The number of likely N-dealkylation sites (tertiary alicyclic amines) is 1. The third-order valence-electron chi connectivity index (χ3n) is 8.89. The zero-order valence-electron chi connectivity index (χ0n) is 18.2. The maximum Gasteiger partial charge on any atom is 0.0845 e. The molecule has 4 bridgehead atoms. The number of rotatable bonds is 4. The molecule has 0 aromatic heterocycles. The second-order valence-electron chi connectivity index (χ2n) is 11.0. The fourth-order valence-corrected chi connectivity index (χ4v) is 9.49. The van der Waals surface area contributed by atoms with Gasteiger partial charge < -0.3 is 10.6 Å². The maximum absolute atomic E-state index is 6.45. The number of hydrogen-bond donors (Lipinski definition) is 1. The van der Waals surface area contributed by atoms with Crippen LogP contribution in [0.15, 0.2) is 30.3 Å². The Balaban J connectivity index is 1.49. The number of thiocarbonyl (C=S) groups is 1. The van der Waals surface area contributed by atoms with Crippen molar-refractivity contribution in [1.29, 1.82) is 0 Å². The molecule has 4 aliphatic carbocycles. The summed E-state index contributed by atoms with van der Waals surface area (Å²) >= 11 is 8.61. The Morgan fingerprint density at radius 1 is 1.21 bits per heavy atom. The van der Waals surface area contributed by atoms with Gasteiger partial charge in [0.2, 0.25) is 0 Å². The molecule has 5 aliphatic rings. The van der Waals surface area contributed by atoms with Crippen LogP contribution in [0.5, 0.6) is 0 Å². The third-order valence-corrected chi connectivity index (χ3v) is 11.0. The van der Waals surface area contributed by atoms with Crippen molar-refractivity contribution in [2.24, 2.45) is 28.4 Å². The Bertz CT molecular complexity index is 793. The predicted molar refractivity (Wildman–Crippen MR) is 128 cm³/mol. The van der Waals surface area contributed by atoms with Gasteiger partial charge in [0.1, 0.15) is 0 Å². The minimum absolute atomic E-state index is 0.142. The van der Waals surface area contributed by atoms with Crippen LogP contribution in [0.2, 0.25) is 0 Å². The molecule has 2 N–H and O–H groups in total. The minimum atomic E-state index is 0.142. The maximum atomic E-state index is 6.45. The van der Waals surface area contributed by atoms with E-state index in [1.807, 2.05) is 0 Å². The summed E-state index contributed by atoms with van der Waals surface area (Å²) in [7, 11) is 0. The monoisotopic (exact) mass is 428 g/mol. The van der Waals surface area contributed by atoms with E-state index in [1.54, 1.807) is 5.56 Å². The Kier molecular flexibility index (Phi) is 4.88. The Morgan fingerprint density at radius 3 is 2.66 bits per heavy atom. The zero-order chi connectivity index (χ0) is 20.4. The summed E-state index contributed by atoms with van der Waals surface area (Å²) in [6.07, 6.45) is 6.36. The first-order chi connectivity index (χ1) is 13.8. The van der Waals surface area contributed by atoms with Crippen molar-refractivity contribution in [2.45, 2.75) is 69.6 Å². The van der Waals surface area contributed by atoms with Gasteiger partial charge in [-0.2, -0.15) is 11.8 Å². The fourth-order valence-electron chi connectivity index (χ4n) is 7.59. The van der Waals surface area contributed by atoms with Gasteiger partial charge in [0.15, 0.2) is 0 Å². The lowest BCUT2D eigenvalue weighted by Gasteiger charge is -2.48. The third kappa shape index (κ3) is 2.96. The molecule has 1 aliphatic heterocycles. The number of benzene rings is 1. The standard InChI is InChI=1S/C25H36N2S2/c1-4-29-21-17-12-24(18-8-6-5-7-9-18)14-19(21)25(13-17,15-24)22(28)27-11-10-20(26)23(2,3)16-27/h5-9,17,19-21H,4,10-16,26H2,1-3H3/t17?,19?,20-,21?,24?,25?/m0/s1. The highest BCUT2D eigenvalue weighted by Gasteiger charge is 2.70. The van der Waals surface area contributed by atoms with Crippen molar-refractivity contribution in [1.82, 2.24) is 4.90 Å². The van der Waals surface area contributed by atoms with Crippen LogP contribution in [0.1, 0.15) is 58.4 Å². The van der Waals surface area contributed by atoms with Crippen LogP contribution in [0, 0.1) is 22.7 Å². The summed E-state index contributed by atoms with van der Waals surface area (Å²) in [4.78, 5) is 3.87. The Morgan fingerprint density at radius 2 is 1.97 bits per heavy atom. The van der Waals surface area contributed by atoms with E-state index in [9.17, 15) is 0 Å². The second-order valence-corrected chi connectivity index (χ2v) is 12.8. The van der Waals surface area contributed by atoms with Gasteiger partial charge >= 0.3 is 0 Å². The molecule has 1 aromatic rings. The van der Waals surface area contributed by atoms with E-state index in [2.05, 4.69) is 67.8 Å². The topological polar surface area (TPSA) is 29.3 Å². The average Bonchev–Trinajstić information content (AvgIpc) is 3.08. The van der Waals surface area contributed by atoms with E-state index in [4.69, 9.17) is 18.0 Å². The molecule has 29 heavy (non-hydrogen) atoms. The van der Waals surface area contributed by atoms with Crippen molar-refractivity contribution < 1.29 is 0 Å². The van der Waals surface area contributed by atoms with Crippen LogP contribution in [0.4, 0.5) is 0 Å². The van der Waals surface area contributed by atoms with Gasteiger partial charge in [-0.3, -0.25) is 0 Å². The number of nitrogens with zero attached hydrogens (tertiary/aromatic N) is 1. The van der Waals surface area contributed by atoms with Crippen molar-refractivity contribution in [2.75, 3.05) is 18.8 Å². The van der Waals surface area contributed by atoms with Crippen LogP contribution < -0.4 is 5.73 Å². The number of piperidine rings is 1. The van der Waals surface area contributed by atoms with Crippen LogP contribution >= 0.6 is 24.0 Å². The molecule has 1 aromatic carbocycles. The van der Waals surface area contributed by atoms with E-state index in [0.717, 1.165) is 36.6 Å². The first-order valence-electron chi connectivity index (χ1n) is 11.5. The lowest BCUT2D eigenvalue weighted by atomic mass is 9.63. The fraction of sp³-hybridized carbons (Fsp3) is 0.720. The normalized spacial score (nSPS) is 42.4. The number of thioether (sulfide) groups is 1. The molecule has 5 fully saturated rings. The molecule has 5 unspecified atom stereocenters. The lowest BCUT2D eigenvalue weighted by Crippen LogP contribution is -2.56. The van der Waals surface area contributed by atoms with Crippen molar-refractivity contribution >= 4 is 29.0 Å². The summed E-state index contributed by atoms with van der Waals surface area (Å²) in [6.45, 7) is 9.05. The lowest BCUT2D eigenvalue weighted by molar-refractivity contribution is 0.133. The molecule has 0 radical (unpaired) electrons. The summed E-state index contributed by atoms with van der Waals surface area (Å²) in [5, 5.41) is 0.803. The molecule has 4 saturated carbocycles. The van der Waals surface area contributed by atoms with Crippen molar-refractivity contribution in [3.8, 4) is 0 Å².